The molecule has 25 heavy (non-hydrogen) atoms. The van der Waals surface area contributed by atoms with Crippen LogP contribution in [0.3, 0.4) is 0 Å². The Labute approximate surface area is 147 Å². The molecule has 0 spiro atoms. The summed E-state index contributed by atoms with van der Waals surface area (Å²) in [5.41, 5.74) is 1.93. The Morgan fingerprint density at radius 3 is 2.92 bits per heavy atom. The number of aryl methyl sites for hydroxylation is 1. The van der Waals surface area contributed by atoms with Crippen LogP contribution in [0.25, 0.3) is 10.9 Å². The number of aromatic nitrogens is 3. The number of hydrogen-bond donors (Lipinski definition) is 0. The van der Waals surface area contributed by atoms with Gasteiger partial charge < -0.3 is 9.47 Å². The molecule has 4 rings (SSSR count). The van der Waals surface area contributed by atoms with Gasteiger partial charge in [0.15, 0.2) is 0 Å². The molecule has 2 aromatic heterocycles. The number of carbonyl (C=O) groups excluding carboxylic acids is 1. The number of para-hydroxylation sites is 1. The summed E-state index contributed by atoms with van der Waals surface area (Å²) in [6.45, 7) is 3.61. The number of nitrogens with zero attached hydrogens (tertiary/aromatic N) is 4. The number of carbonyl (C=O) groups is 1. The molecule has 1 unspecified atom stereocenters. The van der Waals surface area contributed by atoms with Gasteiger partial charge in [0, 0.05) is 37.1 Å². The minimum absolute atomic E-state index is 0.181. The number of amides is 1. The molecule has 0 saturated carbocycles. The van der Waals surface area contributed by atoms with Gasteiger partial charge in [-0.25, -0.2) is 4.98 Å². The Balaban J connectivity index is 1.51. The molecule has 0 N–H and O–H groups in total. The highest BCUT2D eigenvalue weighted by Gasteiger charge is 2.25. The van der Waals surface area contributed by atoms with Crippen molar-refractivity contribution in [3.8, 4) is 0 Å². The number of pyridine rings is 1. The van der Waals surface area contributed by atoms with Gasteiger partial charge in [0.1, 0.15) is 5.82 Å². The highest BCUT2D eigenvalue weighted by Crippen LogP contribution is 2.24. The monoisotopic (exact) mass is 334 g/mol. The van der Waals surface area contributed by atoms with Gasteiger partial charge in [0.2, 0.25) is 5.91 Å². The molecule has 5 nitrogen and oxygen atoms in total. The van der Waals surface area contributed by atoms with E-state index in [1.54, 1.807) is 6.20 Å². The first-order valence-corrected chi connectivity index (χ1v) is 8.82. The number of likely N-dealkylation sites (tertiary alicyclic amines) is 1. The Morgan fingerprint density at radius 1 is 1.20 bits per heavy atom. The first kappa shape index (κ1) is 15.8. The molecular formula is C20H22N4O. The summed E-state index contributed by atoms with van der Waals surface area (Å²) in [7, 11) is 0. The van der Waals surface area contributed by atoms with Crippen LogP contribution in [0.4, 0.5) is 0 Å². The minimum Gasteiger partial charge on any atom is -0.340 e. The molecule has 0 radical (unpaired) electrons. The topological polar surface area (TPSA) is 51.0 Å². The number of rotatable bonds is 3. The molecule has 0 aliphatic carbocycles. The quantitative estimate of drug-likeness (QED) is 0.739. The molecule has 5 heteroatoms. The van der Waals surface area contributed by atoms with Gasteiger partial charge in [-0.3, -0.25) is 9.78 Å². The first-order chi connectivity index (χ1) is 12.2. The van der Waals surface area contributed by atoms with Crippen molar-refractivity contribution < 1.29 is 4.79 Å². The van der Waals surface area contributed by atoms with Crippen molar-refractivity contribution in [2.75, 3.05) is 13.1 Å². The average molecular weight is 334 g/mol. The molecule has 3 aromatic rings. The van der Waals surface area contributed by atoms with E-state index in [2.05, 4.69) is 14.5 Å². The molecule has 3 heterocycles. The Hall–Kier alpha value is -2.69. The van der Waals surface area contributed by atoms with Crippen LogP contribution in [0, 0.1) is 6.92 Å². The summed E-state index contributed by atoms with van der Waals surface area (Å²) in [6.07, 6.45) is 8.16. The molecule has 1 saturated heterocycles. The zero-order valence-corrected chi connectivity index (χ0v) is 14.4. The largest absolute Gasteiger partial charge is 0.340 e. The highest BCUT2D eigenvalue weighted by atomic mass is 16.2. The summed E-state index contributed by atoms with van der Waals surface area (Å²) in [6, 6.07) is 10.3. The summed E-state index contributed by atoms with van der Waals surface area (Å²) >= 11 is 0. The lowest BCUT2D eigenvalue weighted by molar-refractivity contribution is -0.132. The zero-order valence-electron chi connectivity index (χ0n) is 14.4. The van der Waals surface area contributed by atoms with Crippen molar-refractivity contribution in [3.05, 3.63) is 60.3 Å². The third-order valence-corrected chi connectivity index (χ3v) is 5.06. The smallest absolute Gasteiger partial charge is 0.227 e. The van der Waals surface area contributed by atoms with Crippen LogP contribution >= 0.6 is 0 Å². The Morgan fingerprint density at radius 2 is 2.08 bits per heavy atom. The summed E-state index contributed by atoms with van der Waals surface area (Å²) in [5, 5.41) is 1.08. The predicted molar refractivity (Wildman–Crippen MR) is 97.3 cm³/mol. The van der Waals surface area contributed by atoms with Gasteiger partial charge >= 0.3 is 0 Å². The van der Waals surface area contributed by atoms with Crippen molar-refractivity contribution in [2.45, 2.75) is 32.2 Å². The summed E-state index contributed by atoms with van der Waals surface area (Å²) in [5.74, 6) is 1.19. The third-order valence-electron chi connectivity index (χ3n) is 5.06. The van der Waals surface area contributed by atoms with Crippen LogP contribution in [0.1, 0.15) is 30.3 Å². The van der Waals surface area contributed by atoms with Gasteiger partial charge in [0.05, 0.1) is 18.0 Å². The average Bonchev–Trinajstić information content (AvgIpc) is 3.08. The number of benzene rings is 1. The molecule has 1 fully saturated rings. The molecule has 0 bridgehead atoms. The Bertz CT molecular complexity index is 896. The van der Waals surface area contributed by atoms with Crippen LogP contribution in [0.5, 0.6) is 0 Å². The second-order valence-corrected chi connectivity index (χ2v) is 6.69. The predicted octanol–water partition coefficient (Wildman–Crippen LogP) is 3.15. The second-order valence-electron chi connectivity index (χ2n) is 6.69. The zero-order chi connectivity index (χ0) is 17.2. The van der Waals surface area contributed by atoms with Crippen molar-refractivity contribution in [1.82, 2.24) is 19.4 Å². The first-order valence-electron chi connectivity index (χ1n) is 8.82. The molecule has 1 aromatic carbocycles. The maximum atomic E-state index is 12.9. The fraction of sp³-hybridized carbons (Fsp3) is 0.350. The molecular weight excluding hydrogens is 312 g/mol. The van der Waals surface area contributed by atoms with E-state index < -0.39 is 0 Å². The van der Waals surface area contributed by atoms with E-state index in [1.165, 1.54) is 0 Å². The van der Waals surface area contributed by atoms with Crippen molar-refractivity contribution in [2.24, 2.45) is 0 Å². The van der Waals surface area contributed by atoms with Crippen LogP contribution in [-0.4, -0.2) is 38.4 Å². The molecule has 128 valence electrons. The van der Waals surface area contributed by atoms with E-state index in [4.69, 9.17) is 0 Å². The SMILES string of the molecule is Cc1nccn1C1CCCN(C(=O)Cc2cccc3cccnc23)C1. The number of imidazole rings is 1. The van der Waals surface area contributed by atoms with Crippen molar-refractivity contribution in [3.63, 3.8) is 0 Å². The number of piperidine rings is 1. The van der Waals surface area contributed by atoms with Crippen LogP contribution in [-0.2, 0) is 11.2 Å². The molecule has 1 amide bonds. The van der Waals surface area contributed by atoms with Gasteiger partial charge in [-0.15, -0.1) is 0 Å². The van der Waals surface area contributed by atoms with Crippen LogP contribution in [0.2, 0.25) is 0 Å². The van der Waals surface area contributed by atoms with E-state index in [9.17, 15) is 4.79 Å². The van der Waals surface area contributed by atoms with Crippen molar-refractivity contribution >= 4 is 16.8 Å². The van der Waals surface area contributed by atoms with Crippen LogP contribution < -0.4 is 0 Å². The minimum atomic E-state index is 0.181. The number of hydrogen-bond acceptors (Lipinski definition) is 3. The molecule has 1 aliphatic heterocycles. The van der Waals surface area contributed by atoms with E-state index in [0.717, 1.165) is 48.2 Å². The fourth-order valence-electron chi connectivity index (χ4n) is 3.77. The lowest BCUT2D eigenvalue weighted by atomic mass is 10.0. The van der Waals surface area contributed by atoms with Gasteiger partial charge in [-0.2, -0.15) is 0 Å². The maximum Gasteiger partial charge on any atom is 0.227 e. The lowest BCUT2D eigenvalue weighted by Crippen LogP contribution is -2.41. The normalized spacial score (nSPS) is 17.8. The summed E-state index contributed by atoms with van der Waals surface area (Å²) in [4.78, 5) is 23.7. The van der Waals surface area contributed by atoms with E-state index >= 15 is 0 Å². The molecule has 1 atom stereocenters. The van der Waals surface area contributed by atoms with E-state index in [-0.39, 0.29) is 5.91 Å². The maximum absolute atomic E-state index is 12.9. The Kier molecular flexibility index (Phi) is 4.22. The fourth-order valence-corrected chi connectivity index (χ4v) is 3.77. The van der Waals surface area contributed by atoms with E-state index in [1.807, 2.05) is 54.5 Å². The third kappa shape index (κ3) is 3.14. The number of fused-ring (bicyclic) bond motifs is 1. The standard InChI is InChI=1S/C20H22N4O/c1-15-21-10-12-24(15)18-8-4-11-23(14-18)19(25)13-17-6-2-5-16-7-3-9-22-20(16)17/h2-3,5-7,9-10,12,18H,4,8,11,13-14H2,1H3. The van der Waals surface area contributed by atoms with Crippen LogP contribution in [0.15, 0.2) is 48.9 Å². The van der Waals surface area contributed by atoms with Gasteiger partial charge in [0.25, 0.3) is 0 Å². The second kappa shape index (κ2) is 6.67. The highest BCUT2D eigenvalue weighted by molar-refractivity contribution is 5.87. The van der Waals surface area contributed by atoms with Gasteiger partial charge in [-0.05, 0) is 31.4 Å². The summed E-state index contributed by atoms with van der Waals surface area (Å²) < 4.78 is 2.19. The van der Waals surface area contributed by atoms with Gasteiger partial charge in [-0.1, -0.05) is 24.3 Å². The lowest BCUT2D eigenvalue weighted by Gasteiger charge is -2.34. The molecule has 1 aliphatic rings. The van der Waals surface area contributed by atoms with E-state index in [0.29, 0.717) is 12.5 Å². The van der Waals surface area contributed by atoms with Crippen molar-refractivity contribution in [1.29, 1.82) is 0 Å².